The molecule has 3 rings (SSSR count). The quantitative estimate of drug-likeness (QED) is 0.708. The van der Waals surface area contributed by atoms with E-state index in [0.29, 0.717) is 17.4 Å². The third-order valence-corrected chi connectivity index (χ3v) is 3.13. The molecule has 0 bridgehead atoms. The SMILES string of the molecule is CC(C)Cn1ncc2cc(Oc3ccc(F)cc3)[c]cc21. The Bertz CT molecular complexity index is 747. The zero-order valence-electron chi connectivity index (χ0n) is 12.0. The van der Waals surface area contributed by atoms with Gasteiger partial charge in [0.15, 0.2) is 0 Å². The molecule has 107 valence electrons. The number of rotatable bonds is 4. The molecule has 0 fully saturated rings. The molecule has 2 aromatic carbocycles. The molecule has 4 heteroatoms. The van der Waals surface area contributed by atoms with Crippen molar-refractivity contribution in [2.24, 2.45) is 5.92 Å². The number of aromatic nitrogens is 2. The highest BCUT2D eigenvalue weighted by Gasteiger charge is 2.07. The van der Waals surface area contributed by atoms with Crippen LogP contribution in [0, 0.1) is 17.8 Å². The topological polar surface area (TPSA) is 27.1 Å². The Morgan fingerprint density at radius 3 is 2.76 bits per heavy atom. The van der Waals surface area contributed by atoms with Gasteiger partial charge in [0.25, 0.3) is 0 Å². The molecule has 0 aliphatic heterocycles. The summed E-state index contributed by atoms with van der Waals surface area (Å²) in [6.45, 7) is 5.18. The zero-order chi connectivity index (χ0) is 14.8. The van der Waals surface area contributed by atoms with Crippen LogP contribution in [0.4, 0.5) is 4.39 Å². The minimum atomic E-state index is -0.281. The van der Waals surface area contributed by atoms with Gasteiger partial charge < -0.3 is 4.74 Å². The third kappa shape index (κ3) is 3.05. The van der Waals surface area contributed by atoms with Crippen molar-refractivity contribution in [3.63, 3.8) is 0 Å². The Labute approximate surface area is 123 Å². The predicted molar refractivity (Wildman–Crippen MR) is 79.9 cm³/mol. The fraction of sp³-hybridized carbons (Fsp3) is 0.235. The number of hydrogen-bond acceptors (Lipinski definition) is 2. The van der Waals surface area contributed by atoms with Gasteiger partial charge in [-0.25, -0.2) is 4.39 Å². The van der Waals surface area contributed by atoms with E-state index in [0.717, 1.165) is 17.4 Å². The smallest absolute Gasteiger partial charge is 0.136 e. The molecular formula is C17H16FN2O. The second-order valence-electron chi connectivity index (χ2n) is 5.41. The second-order valence-corrected chi connectivity index (χ2v) is 5.41. The summed E-state index contributed by atoms with van der Waals surface area (Å²) < 4.78 is 20.5. The van der Waals surface area contributed by atoms with Gasteiger partial charge in [-0.3, -0.25) is 4.68 Å². The first-order valence-electron chi connectivity index (χ1n) is 6.92. The molecule has 0 amide bonds. The molecule has 0 aliphatic rings. The van der Waals surface area contributed by atoms with Crippen LogP contribution in [0.25, 0.3) is 10.9 Å². The number of fused-ring (bicyclic) bond motifs is 1. The van der Waals surface area contributed by atoms with Crippen molar-refractivity contribution < 1.29 is 9.13 Å². The van der Waals surface area contributed by atoms with Gasteiger partial charge in [0.1, 0.15) is 17.3 Å². The lowest BCUT2D eigenvalue weighted by molar-refractivity contribution is 0.480. The molecule has 0 saturated heterocycles. The minimum absolute atomic E-state index is 0.281. The van der Waals surface area contributed by atoms with Crippen LogP contribution in [-0.4, -0.2) is 9.78 Å². The van der Waals surface area contributed by atoms with Gasteiger partial charge in [-0.05, 0) is 42.3 Å². The normalized spacial score (nSPS) is 11.2. The molecule has 0 N–H and O–H groups in total. The van der Waals surface area contributed by atoms with Gasteiger partial charge in [0.05, 0.1) is 11.7 Å². The number of ether oxygens (including phenoxy) is 1. The van der Waals surface area contributed by atoms with Gasteiger partial charge in [-0.15, -0.1) is 0 Å². The molecule has 1 heterocycles. The van der Waals surface area contributed by atoms with E-state index >= 15 is 0 Å². The Morgan fingerprint density at radius 2 is 2.05 bits per heavy atom. The molecule has 3 nitrogen and oxygen atoms in total. The van der Waals surface area contributed by atoms with Crippen LogP contribution < -0.4 is 4.74 Å². The highest BCUT2D eigenvalue weighted by atomic mass is 19.1. The zero-order valence-corrected chi connectivity index (χ0v) is 12.0. The van der Waals surface area contributed by atoms with Gasteiger partial charge in [-0.2, -0.15) is 5.10 Å². The van der Waals surface area contributed by atoms with E-state index in [2.05, 4.69) is 25.0 Å². The van der Waals surface area contributed by atoms with Crippen molar-refractivity contribution in [2.45, 2.75) is 20.4 Å². The van der Waals surface area contributed by atoms with Crippen molar-refractivity contribution in [1.29, 1.82) is 0 Å². The highest BCUT2D eigenvalue weighted by Crippen LogP contribution is 2.25. The highest BCUT2D eigenvalue weighted by molar-refractivity contribution is 5.80. The maximum absolute atomic E-state index is 12.9. The molecule has 0 unspecified atom stereocenters. The molecule has 3 aromatic rings. The first-order valence-corrected chi connectivity index (χ1v) is 6.92. The van der Waals surface area contributed by atoms with E-state index < -0.39 is 0 Å². The summed E-state index contributed by atoms with van der Waals surface area (Å²) in [5.41, 5.74) is 1.04. The Balaban J connectivity index is 1.86. The third-order valence-electron chi connectivity index (χ3n) is 3.13. The molecule has 1 aromatic heterocycles. The molecule has 1 radical (unpaired) electrons. The monoisotopic (exact) mass is 283 g/mol. The number of nitrogens with zero attached hydrogens (tertiary/aromatic N) is 2. The van der Waals surface area contributed by atoms with Crippen molar-refractivity contribution >= 4 is 10.9 Å². The van der Waals surface area contributed by atoms with Gasteiger partial charge in [-0.1, -0.05) is 13.8 Å². The van der Waals surface area contributed by atoms with Gasteiger partial charge in [0, 0.05) is 18.0 Å². The lowest BCUT2D eigenvalue weighted by Gasteiger charge is -2.08. The maximum atomic E-state index is 12.9. The number of halogens is 1. The maximum Gasteiger partial charge on any atom is 0.136 e. The molecule has 0 saturated carbocycles. The van der Waals surface area contributed by atoms with Crippen LogP contribution in [0.3, 0.4) is 0 Å². The Hall–Kier alpha value is -2.36. The van der Waals surface area contributed by atoms with Crippen molar-refractivity contribution in [3.05, 3.63) is 54.5 Å². The summed E-state index contributed by atoms with van der Waals surface area (Å²) in [5, 5.41) is 5.39. The summed E-state index contributed by atoms with van der Waals surface area (Å²) >= 11 is 0. The van der Waals surface area contributed by atoms with E-state index in [1.807, 2.05) is 23.0 Å². The van der Waals surface area contributed by atoms with Gasteiger partial charge in [0.2, 0.25) is 0 Å². The van der Waals surface area contributed by atoms with E-state index in [-0.39, 0.29) is 5.82 Å². The number of hydrogen-bond donors (Lipinski definition) is 0. The summed E-state index contributed by atoms with van der Waals surface area (Å²) in [5.74, 6) is 1.43. The average molecular weight is 283 g/mol. The predicted octanol–water partition coefficient (Wildman–Crippen LogP) is 4.42. The average Bonchev–Trinajstić information content (AvgIpc) is 2.83. The molecule has 0 atom stereocenters. The van der Waals surface area contributed by atoms with Crippen LogP contribution in [-0.2, 0) is 6.54 Å². The van der Waals surface area contributed by atoms with E-state index in [1.54, 1.807) is 12.1 Å². The number of benzene rings is 2. The van der Waals surface area contributed by atoms with Crippen molar-refractivity contribution in [2.75, 3.05) is 0 Å². The minimum Gasteiger partial charge on any atom is -0.457 e. The molecule has 0 aliphatic carbocycles. The van der Waals surface area contributed by atoms with E-state index in [9.17, 15) is 4.39 Å². The standard InChI is InChI=1S/C17H16FN2O/c1-12(2)11-20-17-8-7-16(9-13(17)10-19-20)21-15-5-3-14(18)4-6-15/h3-6,8-10,12H,11H2,1-2H3. The molecule has 21 heavy (non-hydrogen) atoms. The van der Waals surface area contributed by atoms with E-state index in [1.165, 1.54) is 12.1 Å². The molecule has 0 spiro atoms. The van der Waals surface area contributed by atoms with Crippen LogP contribution in [0.2, 0.25) is 0 Å². The van der Waals surface area contributed by atoms with Gasteiger partial charge >= 0.3 is 0 Å². The Morgan fingerprint density at radius 1 is 1.29 bits per heavy atom. The summed E-state index contributed by atoms with van der Waals surface area (Å²) in [6, 6.07) is 12.8. The van der Waals surface area contributed by atoms with Crippen molar-refractivity contribution in [3.8, 4) is 11.5 Å². The lowest BCUT2D eigenvalue weighted by atomic mass is 10.2. The van der Waals surface area contributed by atoms with E-state index in [4.69, 9.17) is 4.74 Å². The van der Waals surface area contributed by atoms with Crippen LogP contribution in [0.5, 0.6) is 11.5 Å². The van der Waals surface area contributed by atoms with Crippen LogP contribution >= 0.6 is 0 Å². The molecular weight excluding hydrogens is 267 g/mol. The second kappa shape index (κ2) is 5.56. The lowest BCUT2D eigenvalue weighted by Crippen LogP contribution is -2.05. The summed E-state index contributed by atoms with van der Waals surface area (Å²) in [6.07, 6.45) is 1.82. The fourth-order valence-electron chi connectivity index (χ4n) is 2.18. The van der Waals surface area contributed by atoms with Crippen LogP contribution in [0.1, 0.15) is 13.8 Å². The largest absolute Gasteiger partial charge is 0.457 e. The Kier molecular flexibility index (Phi) is 3.60. The van der Waals surface area contributed by atoms with Crippen molar-refractivity contribution in [1.82, 2.24) is 9.78 Å². The van der Waals surface area contributed by atoms with Crippen LogP contribution in [0.15, 0.2) is 42.6 Å². The summed E-state index contributed by atoms with van der Waals surface area (Å²) in [7, 11) is 0. The summed E-state index contributed by atoms with van der Waals surface area (Å²) in [4.78, 5) is 0. The fourth-order valence-corrected chi connectivity index (χ4v) is 2.18. The first kappa shape index (κ1) is 13.6. The first-order chi connectivity index (χ1) is 10.1.